The molecule has 0 fully saturated rings. The summed E-state index contributed by atoms with van der Waals surface area (Å²) in [5.41, 5.74) is 2.12. The van der Waals surface area contributed by atoms with Crippen LogP contribution in [0, 0.1) is 0 Å². The molecule has 2 N–H and O–H groups in total. The van der Waals surface area contributed by atoms with E-state index in [1.54, 1.807) is 0 Å². The highest BCUT2D eigenvalue weighted by Crippen LogP contribution is 2.19. The van der Waals surface area contributed by atoms with Crippen LogP contribution in [0.15, 0.2) is 70.3 Å². The zero-order valence-electron chi connectivity index (χ0n) is 11.3. The third kappa shape index (κ3) is 2.84. The van der Waals surface area contributed by atoms with Gasteiger partial charge in [-0.3, -0.25) is 9.78 Å². The second-order valence-corrected chi connectivity index (χ2v) is 4.79. The van der Waals surface area contributed by atoms with Crippen LogP contribution in [0.4, 0.5) is 0 Å². The van der Waals surface area contributed by atoms with Crippen LogP contribution in [-0.4, -0.2) is 9.97 Å². The first kappa shape index (κ1) is 13.1. The van der Waals surface area contributed by atoms with Crippen LogP contribution in [0.25, 0.3) is 11.1 Å². The molecule has 3 aromatic rings. The number of hydrogen-bond acceptors (Lipinski definition) is 2. The van der Waals surface area contributed by atoms with Crippen molar-refractivity contribution in [3.63, 3.8) is 0 Å². The average Bonchev–Trinajstić information content (AvgIpc) is 2.48. The van der Waals surface area contributed by atoms with Gasteiger partial charge in [0.25, 0.3) is 5.56 Å². The number of benzene rings is 2. The Morgan fingerprint density at radius 2 is 1.38 bits per heavy atom. The van der Waals surface area contributed by atoms with Crippen molar-refractivity contribution in [2.24, 2.45) is 0 Å². The van der Waals surface area contributed by atoms with E-state index in [0.29, 0.717) is 17.7 Å². The van der Waals surface area contributed by atoms with Crippen molar-refractivity contribution in [1.82, 2.24) is 9.97 Å². The highest BCUT2D eigenvalue weighted by Gasteiger charge is 2.11. The summed E-state index contributed by atoms with van der Waals surface area (Å²) in [5, 5.41) is 0. The minimum Gasteiger partial charge on any atom is -0.310 e. The number of aromatic nitrogens is 2. The molecule has 0 amide bonds. The van der Waals surface area contributed by atoms with Gasteiger partial charge < -0.3 is 4.98 Å². The van der Waals surface area contributed by atoms with Crippen LogP contribution in [0.5, 0.6) is 0 Å². The lowest BCUT2D eigenvalue weighted by molar-refractivity contribution is 0.958. The van der Waals surface area contributed by atoms with E-state index in [0.717, 1.165) is 11.1 Å². The van der Waals surface area contributed by atoms with Crippen molar-refractivity contribution in [2.75, 3.05) is 0 Å². The molecule has 3 rings (SSSR count). The fourth-order valence-corrected chi connectivity index (χ4v) is 2.38. The molecule has 104 valence electrons. The number of aromatic amines is 2. The summed E-state index contributed by atoms with van der Waals surface area (Å²) < 4.78 is 0. The van der Waals surface area contributed by atoms with Crippen molar-refractivity contribution in [2.45, 2.75) is 6.42 Å². The molecule has 0 saturated heterocycles. The molecule has 21 heavy (non-hydrogen) atoms. The monoisotopic (exact) mass is 278 g/mol. The molecule has 0 unspecified atom stereocenters. The molecule has 0 saturated carbocycles. The van der Waals surface area contributed by atoms with Crippen molar-refractivity contribution in [3.05, 3.63) is 92.8 Å². The second kappa shape index (κ2) is 5.63. The zero-order valence-corrected chi connectivity index (χ0v) is 11.3. The maximum atomic E-state index is 12.2. The Morgan fingerprint density at radius 1 is 0.762 bits per heavy atom. The van der Waals surface area contributed by atoms with E-state index in [4.69, 9.17) is 0 Å². The maximum absolute atomic E-state index is 12.2. The summed E-state index contributed by atoms with van der Waals surface area (Å²) in [4.78, 5) is 28.8. The predicted octanol–water partition coefficient (Wildman–Crippen LogP) is 2.32. The summed E-state index contributed by atoms with van der Waals surface area (Å²) >= 11 is 0. The molecule has 0 atom stereocenters. The quantitative estimate of drug-likeness (QED) is 0.772. The summed E-state index contributed by atoms with van der Waals surface area (Å²) in [5.74, 6) is 0. The van der Waals surface area contributed by atoms with Crippen molar-refractivity contribution < 1.29 is 0 Å². The topological polar surface area (TPSA) is 65.7 Å². The lowest BCUT2D eigenvalue weighted by Gasteiger charge is -2.08. The Hall–Kier alpha value is -2.88. The molecule has 1 heterocycles. The Morgan fingerprint density at radius 3 is 2.05 bits per heavy atom. The minimum atomic E-state index is -0.481. The van der Waals surface area contributed by atoms with Gasteiger partial charge in [0, 0.05) is 12.1 Å². The van der Waals surface area contributed by atoms with E-state index in [1.807, 2.05) is 60.7 Å². The van der Waals surface area contributed by atoms with Crippen molar-refractivity contribution >= 4 is 0 Å². The Labute approximate surface area is 121 Å². The molecule has 0 radical (unpaired) electrons. The standard InChI is InChI=1S/C17H14N2O2/c20-16-15(13-9-5-2-6-10-13)14(18-17(21)19-16)11-12-7-3-1-4-8-12/h1-10H,11H2,(H2,18,19,20,21). The predicted molar refractivity (Wildman–Crippen MR) is 82.4 cm³/mol. The van der Waals surface area contributed by atoms with Crippen molar-refractivity contribution in [1.29, 1.82) is 0 Å². The van der Waals surface area contributed by atoms with Crippen molar-refractivity contribution in [3.8, 4) is 11.1 Å². The molecule has 4 heteroatoms. The van der Waals surface area contributed by atoms with Gasteiger partial charge in [0.1, 0.15) is 0 Å². The van der Waals surface area contributed by atoms with Gasteiger partial charge in [-0.2, -0.15) is 0 Å². The van der Waals surface area contributed by atoms with Gasteiger partial charge in [0.15, 0.2) is 0 Å². The molecule has 1 aromatic heterocycles. The first-order valence-electron chi connectivity index (χ1n) is 6.69. The summed E-state index contributed by atoms with van der Waals surface area (Å²) in [7, 11) is 0. The zero-order chi connectivity index (χ0) is 14.7. The Kier molecular flexibility index (Phi) is 3.51. The SMILES string of the molecule is O=c1[nH]c(Cc2ccccc2)c(-c2ccccc2)c(=O)[nH]1. The highest BCUT2D eigenvalue weighted by molar-refractivity contribution is 5.65. The van der Waals surface area contributed by atoms with Gasteiger partial charge in [-0.05, 0) is 11.1 Å². The van der Waals surface area contributed by atoms with Gasteiger partial charge >= 0.3 is 5.69 Å². The fraction of sp³-hybridized carbons (Fsp3) is 0.0588. The van der Waals surface area contributed by atoms with E-state index in [9.17, 15) is 9.59 Å². The molecule has 0 spiro atoms. The van der Waals surface area contributed by atoms with E-state index < -0.39 is 5.69 Å². The number of H-pyrrole nitrogens is 2. The molecular formula is C17H14N2O2. The van der Waals surface area contributed by atoms with E-state index in [2.05, 4.69) is 9.97 Å². The summed E-state index contributed by atoms with van der Waals surface area (Å²) in [6.07, 6.45) is 0.504. The largest absolute Gasteiger partial charge is 0.325 e. The molecule has 0 aliphatic carbocycles. The van der Waals surface area contributed by atoms with Gasteiger partial charge in [0.05, 0.1) is 5.56 Å². The summed E-state index contributed by atoms with van der Waals surface area (Å²) in [6.45, 7) is 0. The average molecular weight is 278 g/mol. The van der Waals surface area contributed by atoms with Crippen LogP contribution in [0.1, 0.15) is 11.3 Å². The Balaban J connectivity index is 2.16. The van der Waals surface area contributed by atoms with Crippen LogP contribution in [0.2, 0.25) is 0 Å². The second-order valence-electron chi connectivity index (χ2n) is 4.79. The van der Waals surface area contributed by atoms with E-state index >= 15 is 0 Å². The molecule has 4 nitrogen and oxygen atoms in total. The van der Waals surface area contributed by atoms with Crippen LogP contribution < -0.4 is 11.2 Å². The van der Waals surface area contributed by atoms with Crippen LogP contribution >= 0.6 is 0 Å². The first-order chi connectivity index (χ1) is 10.2. The van der Waals surface area contributed by atoms with E-state index in [-0.39, 0.29) is 5.56 Å². The fourth-order valence-electron chi connectivity index (χ4n) is 2.38. The third-order valence-corrected chi connectivity index (χ3v) is 3.31. The van der Waals surface area contributed by atoms with Gasteiger partial charge in [0.2, 0.25) is 0 Å². The van der Waals surface area contributed by atoms with Gasteiger partial charge in [-0.15, -0.1) is 0 Å². The minimum absolute atomic E-state index is 0.365. The van der Waals surface area contributed by atoms with Crippen LogP contribution in [0.3, 0.4) is 0 Å². The molecular weight excluding hydrogens is 264 g/mol. The molecule has 2 aromatic carbocycles. The van der Waals surface area contributed by atoms with Gasteiger partial charge in [-0.25, -0.2) is 4.79 Å². The summed E-state index contributed by atoms with van der Waals surface area (Å²) in [6, 6.07) is 19.1. The molecule has 0 aliphatic rings. The van der Waals surface area contributed by atoms with Gasteiger partial charge in [-0.1, -0.05) is 60.7 Å². The Bertz CT molecular complexity index is 849. The van der Waals surface area contributed by atoms with Crippen LogP contribution in [-0.2, 0) is 6.42 Å². The van der Waals surface area contributed by atoms with E-state index in [1.165, 1.54) is 0 Å². The lowest BCUT2D eigenvalue weighted by Crippen LogP contribution is -2.26. The molecule has 0 aliphatic heterocycles. The smallest absolute Gasteiger partial charge is 0.310 e. The third-order valence-electron chi connectivity index (χ3n) is 3.31. The number of rotatable bonds is 3. The number of nitrogens with one attached hydrogen (secondary N) is 2. The highest BCUT2D eigenvalue weighted by atomic mass is 16.2. The first-order valence-corrected chi connectivity index (χ1v) is 6.69. The normalized spacial score (nSPS) is 10.5. The molecule has 0 bridgehead atoms. The number of hydrogen-bond donors (Lipinski definition) is 2. The maximum Gasteiger partial charge on any atom is 0.325 e. The lowest BCUT2D eigenvalue weighted by atomic mass is 10.0.